The number of methoxy groups -OCH3 is 1. The maximum atomic E-state index is 11.8. The fraction of sp³-hybridized carbons (Fsp3) is 0.818. The Bertz CT molecular complexity index is 266. The summed E-state index contributed by atoms with van der Waals surface area (Å²) in [4.78, 5) is 24.7. The van der Waals surface area contributed by atoms with Crippen molar-refractivity contribution in [3.8, 4) is 0 Å². The normalized spacial score (nSPS) is 21.2. The molecule has 1 rings (SSSR count). The van der Waals surface area contributed by atoms with E-state index in [1.807, 2.05) is 13.8 Å². The van der Waals surface area contributed by atoms with Crippen LogP contribution in [0.3, 0.4) is 0 Å². The van der Waals surface area contributed by atoms with Gasteiger partial charge in [-0.25, -0.2) is 0 Å². The van der Waals surface area contributed by atoms with Crippen LogP contribution >= 0.6 is 0 Å². The van der Waals surface area contributed by atoms with E-state index in [0.717, 1.165) is 6.42 Å². The number of imide groups is 1. The first kappa shape index (κ1) is 13.1. The lowest BCUT2D eigenvalue weighted by molar-refractivity contribution is -0.140. The zero-order valence-electron chi connectivity index (χ0n) is 10.2. The van der Waals surface area contributed by atoms with Gasteiger partial charge in [0.25, 0.3) is 0 Å². The highest BCUT2D eigenvalue weighted by Gasteiger charge is 2.39. The maximum Gasteiger partial charge on any atom is 0.247 e. The van der Waals surface area contributed by atoms with Gasteiger partial charge in [0.2, 0.25) is 11.8 Å². The van der Waals surface area contributed by atoms with E-state index in [2.05, 4.69) is 5.32 Å². The average molecular weight is 228 g/mol. The van der Waals surface area contributed by atoms with Gasteiger partial charge in [-0.15, -0.1) is 0 Å². The molecule has 1 N–H and O–H groups in total. The molecule has 0 saturated carbocycles. The number of ether oxygens (including phenoxy) is 1. The lowest BCUT2D eigenvalue weighted by Gasteiger charge is -2.19. The first-order chi connectivity index (χ1) is 7.57. The second-order valence-electron chi connectivity index (χ2n) is 4.25. The van der Waals surface area contributed by atoms with Crippen LogP contribution in [0, 0.1) is 0 Å². The van der Waals surface area contributed by atoms with Gasteiger partial charge < -0.3 is 10.1 Å². The summed E-state index contributed by atoms with van der Waals surface area (Å²) in [5, 5.41) is 3.09. The van der Waals surface area contributed by atoms with Crippen molar-refractivity contribution in [1.82, 2.24) is 10.2 Å². The fourth-order valence-corrected chi connectivity index (χ4v) is 1.85. The monoisotopic (exact) mass is 228 g/mol. The van der Waals surface area contributed by atoms with E-state index >= 15 is 0 Å². The smallest absolute Gasteiger partial charge is 0.247 e. The van der Waals surface area contributed by atoms with Crippen LogP contribution < -0.4 is 5.32 Å². The Kier molecular flexibility index (Phi) is 4.89. The number of nitrogens with zero attached hydrogens (tertiary/aromatic N) is 1. The number of amides is 2. The van der Waals surface area contributed by atoms with Gasteiger partial charge in [-0.1, -0.05) is 0 Å². The van der Waals surface area contributed by atoms with Crippen LogP contribution in [0.15, 0.2) is 0 Å². The first-order valence-electron chi connectivity index (χ1n) is 5.66. The van der Waals surface area contributed by atoms with E-state index in [9.17, 15) is 9.59 Å². The third-order valence-corrected chi connectivity index (χ3v) is 2.62. The lowest BCUT2D eigenvalue weighted by Crippen LogP contribution is -2.42. The van der Waals surface area contributed by atoms with Gasteiger partial charge in [-0.2, -0.15) is 0 Å². The quantitative estimate of drug-likeness (QED) is 0.519. The van der Waals surface area contributed by atoms with E-state index in [0.29, 0.717) is 13.2 Å². The summed E-state index contributed by atoms with van der Waals surface area (Å²) in [6.07, 6.45) is 1.13. The molecule has 0 aromatic carbocycles. The van der Waals surface area contributed by atoms with Crippen LogP contribution in [0.1, 0.15) is 26.7 Å². The largest absolute Gasteiger partial charge is 0.385 e. The molecule has 1 aliphatic rings. The lowest BCUT2D eigenvalue weighted by atomic mass is 10.2. The van der Waals surface area contributed by atoms with Crippen molar-refractivity contribution in [3.05, 3.63) is 0 Å². The minimum Gasteiger partial charge on any atom is -0.385 e. The molecule has 1 fully saturated rings. The zero-order chi connectivity index (χ0) is 12.1. The second-order valence-corrected chi connectivity index (χ2v) is 4.25. The molecule has 5 nitrogen and oxygen atoms in total. The molecular formula is C11H20N2O3. The molecule has 1 heterocycles. The second kappa shape index (κ2) is 5.96. The van der Waals surface area contributed by atoms with Gasteiger partial charge in [0.15, 0.2) is 0 Å². The third-order valence-electron chi connectivity index (χ3n) is 2.62. The molecule has 0 aliphatic carbocycles. The molecule has 92 valence electrons. The van der Waals surface area contributed by atoms with E-state index in [1.54, 1.807) is 7.11 Å². The zero-order valence-corrected chi connectivity index (χ0v) is 10.2. The van der Waals surface area contributed by atoms with Gasteiger partial charge in [-0.3, -0.25) is 14.5 Å². The Morgan fingerprint density at radius 1 is 1.50 bits per heavy atom. The fourth-order valence-electron chi connectivity index (χ4n) is 1.85. The number of likely N-dealkylation sites (tertiary alicyclic amines) is 1. The molecule has 1 aliphatic heterocycles. The van der Waals surface area contributed by atoms with Crippen LogP contribution in [-0.4, -0.2) is 49.1 Å². The van der Waals surface area contributed by atoms with Gasteiger partial charge in [0.1, 0.15) is 0 Å². The highest BCUT2D eigenvalue weighted by molar-refractivity contribution is 6.05. The molecule has 1 atom stereocenters. The summed E-state index contributed by atoms with van der Waals surface area (Å²) < 4.78 is 4.91. The van der Waals surface area contributed by atoms with Crippen LogP contribution in [0.5, 0.6) is 0 Å². The maximum absolute atomic E-state index is 11.8. The molecule has 2 amide bonds. The minimum absolute atomic E-state index is 0.0502. The van der Waals surface area contributed by atoms with E-state index < -0.39 is 0 Å². The van der Waals surface area contributed by atoms with Gasteiger partial charge in [-0.05, 0) is 26.8 Å². The van der Waals surface area contributed by atoms with Gasteiger partial charge >= 0.3 is 0 Å². The molecular weight excluding hydrogens is 208 g/mol. The Balaban J connectivity index is 2.40. The minimum atomic E-state index is -0.341. The Hall–Kier alpha value is -0.940. The Morgan fingerprint density at radius 3 is 2.69 bits per heavy atom. The molecule has 0 bridgehead atoms. The van der Waals surface area contributed by atoms with E-state index in [1.165, 1.54) is 4.90 Å². The molecule has 0 aromatic heterocycles. The SMILES string of the molecule is COCCCNC1CC(=O)N(C(C)C)C1=O. The first-order valence-corrected chi connectivity index (χ1v) is 5.66. The summed E-state index contributed by atoms with van der Waals surface area (Å²) in [5.74, 6) is -0.179. The molecule has 5 heteroatoms. The van der Waals surface area contributed by atoms with Crippen LogP contribution in [0.4, 0.5) is 0 Å². The highest BCUT2D eigenvalue weighted by atomic mass is 16.5. The van der Waals surface area contributed by atoms with Crippen molar-refractivity contribution in [2.75, 3.05) is 20.3 Å². The number of nitrogens with one attached hydrogen (secondary N) is 1. The Labute approximate surface area is 96.1 Å². The van der Waals surface area contributed by atoms with Crippen molar-refractivity contribution in [2.45, 2.75) is 38.8 Å². The van der Waals surface area contributed by atoms with E-state index in [4.69, 9.17) is 4.74 Å². The molecule has 0 spiro atoms. The van der Waals surface area contributed by atoms with Crippen molar-refractivity contribution >= 4 is 11.8 Å². The molecule has 1 unspecified atom stereocenters. The van der Waals surface area contributed by atoms with E-state index in [-0.39, 0.29) is 30.3 Å². The summed E-state index contributed by atoms with van der Waals surface area (Å²) in [6.45, 7) is 5.06. The Morgan fingerprint density at radius 2 is 2.19 bits per heavy atom. The number of carbonyl (C=O) groups excluding carboxylic acids is 2. The van der Waals surface area contributed by atoms with Crippen molar-refractivity contribution < 1.29 is 14.3 Å². The topological polar surface area (TPSA) is 58.6 Å². The highest BCUT2D eigenvalue weighted by Crippen LogP contribution is 2.15. The summed E-state index contributed by atoms with van der Waals surface area (Å²) in [7, 11) is 1.64. The molecule has 0 aromatic rings. The number of rotatable bonds is 6. The summed E-state index contributed by atoms with van der Waals surface area (Å²) >= 11 is 0. The standard InChI is InChI=1S/C11H20N2O3/c1-8(2)13-10(14)7-9(11(13)15)12-5-4-6-16-3/h8-9,12H,4-7H2,1-3H3. The summed E-state index contributed by atoms with van der Waals surface area (Å²) in [5.41, 5.74) is 0. The van der Waals surface area contributed by atoms with Crippen LogP contribution in [0.25, 0.3) is 0 Å². The van der Waals surface area contributed by atoms with Crippen LogP contribution in [0.2, 0.25) is 0 Å². The third kappa shape index (κ3) is 3.02. The predicted molar refractivity (Wildman–Crippen MR) is 59.9 cm³/mol. The van der Waals surface area contributed by atoms with Crippen LogP contribution in [-0.2, 0) is 14.3 Å². The van der Waals surface area contributed by atoms with Gasteiger partial charge in [0.05, 0.1) is 12.5 Å². The summed E-state index contributed by atoms with van der Waals surface area (Å²) in [6, 6.07) is -0.391. The van der Waals surface area contributed by atoms with Gasteiger partial charge in [0, 0.05) is 19.8 Å². The predicted octanol–water partition coefficient (Wildman–Crippen LogP) is 0.148. The molecule has 0 radical (unpaired) electrons. The number of hydrogen-bond donors (Lipinski definition) is 1. The number of hydrogen-bond acceptors (Lipinski definition) is 4. The average Bonchev–Trinajstić information content (AvgIpc) is 2.49. The van der Waals surface area contributed by atoms with Crippen molar-refractivity contribution in [3.63, 3.8) is 0 Å². The molecule has 1 saturated heterocycles. The van der Waals surface area contributed by atoms with Crippen molar-refractivity contribution in [1.29, 1.82) is 0 Å². The molecule has 16 heavy (non-hydrogen) atoms. The number of carbonyl (C=O) groups is 2. The van der Waals surface area contributed by atoms with Crippen molar-refractivity contribution in [2.24, 2.45) is 0 Å².